The van der Waals surface area contributed by atoms with Gasteiger partial charge in [0.05, 0.1) is 10.7 Å². The third-order valence-electron chi connectivity index (χ3n) is 2.35. The number of para-hydroxylation sites is 1. The van der Waals surface area contributed by atoms with E-state index in [4.69, 9.17) is 22.1 Å². The van der Waals surface area contributed by atoms with E-state index >= 15 is 0 Å². The molecule has 0 unspecified atom stereocenters. The lowest BCUT2D eigenvalue weighted by Gasteiger charge is -2.11. The molecule has 0 amide bonds. The molecule has 0 aliphatic rings. The fourth-order valence-electron chi connectivity index (χ4n) is 1.47. The van der Waals surface area contributed by atoms with Crippen LogP contribution in [0.4, 0.5) is 10.1 Å². The van der Waals surface area contributed by atoms with Crippen molar-refractivity contribution in [2.24, 2.45) is 0 Å². The Morgan fingerprint density at radius 1 is 1.24 bits per heavy atom. The van der Waals surface area contributed by atoms with Crippen molar-refractivity contribution in [1.29, 1.82) is 0 Å². The van der Waals surface area contributed by atoms with Crippen LogP contribution in [0.2, 0.25) is 5.02 Å². The first-order valence-electron chi connectivity index (χ1n) is 5.06. The summed E-state index contributed by atoms with van der Waals surface area (Å²) in [4.78, 5) is 0. The van der Waals surface area contributed by atoms with E-state index in [1.54, 1.807) is 6.07 Å². The van der Waals surface area contributed by atoms with Crippen LogP contribution in [0.3, 0.4) is 0 Å². The second kappa shape index (κ2) is 4.63. The van der Waals surface area contributed by atoms with Crippen LogP contribution in [-0.4, -0.2) is 0 Å². The highest BCUT2D eigenvalue weighted by Crippen LogP contribution is 2.32. The molecule has 0 aliphatic heterocycles. The summed E-state index contributed by atoms with van der Waals surface area (Å²) in [5.41, 5.74) is 7.25. The van der Waals surface area contributed by atoms with Crippen LogP contribution in [0, 0.1) is 12.7 Å². The lowest BCUT2D eigenvalue weighted by atomic mass is 10.2. The Balaban J connectivity index is 2.35. The summed E-state index contributed by atoms with van der Waals surface area (Å²) in [5, 5.41) is 0.0228. The van der Waals surface area contributed by atoms with Gasteiger partial charge in [-0.25, -0.2) is 4.39 Å². The molecule has 2 aromatic rings. The first-order chi connectivity index (χ1) is 8.08. The van der Waals surface area contributed by atoms with Gasteiger partial charge in [0.25, 0.3) is 0 Å². The van der Waals surface area contributed by atoms with Crippen molar-refractivity contribution in [3.8, 4) is 11.5 Å². The molecule has 0 heterocycles. The zero-order valence-electron chi connectivity index (χ0n) is 9.21. The van der Waals surface area contributed by atoms with E-state index < -0.39 is 5.82 Å². The van der Waals surface area contributed by atoms with Gasteiger partial charge in [-0.3, -0.25) is 0 Å². The third kappa shape index (κ3) is 2.50. The van der Waals surface area contributed by atoms with Gasteiger partial charge in [-0.05, 0) is 30.7 Å². The second-order valence-corrected chi connectivity index (χ2v) is 4.08. The number of aryl methyl sites for hydroxylation is 1. The van der Waals surface area contributed by atoms with E-state index in [-0.39, 0.29) is 5.02 Å². The van der Waals surface area contributed by atoms with Crippen molar-refractivity contribution in [2.45, 2.75) is 6.92 Å². The summed E-state index contributed by atoms with van der Waals surface area (Å²) in [7, 11) is 0. The second-order valence-electron chi connectivity index (χ2n) is 3.67. The molecule has 2 aromatic carbocycles. The van der Waals surface area contributed by atoms with Gasteiger partial charge >= 0.3 is 0 Å². The highest BCUT2D eigenvalue weighted by atomic mass is 35.5. The van der Waals surface area contributed by atoms with Gasteiger partial charge in [0.15, 0.2) is 5.75 Å². The van der Waals surface area contributed by atoms with Crippen LogP contribution in [0.15, 0.2) is 36.4 Å². The normalized spacial score (nSPS) is 10.3. The van der Waals surface area contributed by atoms with Crippen LogP contribution in [0.5, 0.6) is 11.5 Å². The van der Waals surface area contributed by atoms with Crippen LogP contribution in [0.1, 0.15) is 5.56 Å². The Morgan fingerprint density at radius 3 is 2.65 bits per heavy atom. The number of rotatable bonds is 2. The molecule has 2 N–H and O–H groups in total. The fraction of sp³-hybridized carbons (Fsp3) is 0.0769. The van der Waals surface area contributed by atoms with Gasteiger partial charge in [0.2, 0.25) is 0 Å². The van der Waals surface area contributed by atoms with Crippen molar-refractivity contribution in [3.63, 3.8) is 0 Å². The maximum absolute atomic E-state index is 13.0. The number of nitrogen functional groups attached to an aromatic ring is 1. The first kappa shape index (κ1) is 11.7. The lowest BCUT2D eigenvalue weighted by molar-refractivity contribution is 0.479. The van der Waals surface area contributed by atoms with E-state index in [1.807, 2.05) is 19.1 Å². The van der Waals surface area contributed by atoms with E-state index in [9.17, 15) is 4.39 Å². The maximum atomic E-state index is 13.0. The lowest BCUT2D eigenvalue weighted by Crippen LogP contribution is -1.94. The van der Waals surface area contributed by atoms with Crippen LogP contribution < -0.4 is 10.5 Å². The molecule has 0 radical (unpaired) electrons. The summed E-state index contributed by atoms with van der Waals surface area (Å²) in [6, 6.07) is 9.65. The minimum atomic E-state index is -0.475. The first-order valence-corrected chi connectivity index (χ1v) is 5.43. The minimum absolute atomic E-state index is 0.0228. The molecule has 0 aromatic heterocycles. The molecule has 2 nitrogen and oxygen atoms in total. The topological polar surface area (TPSA) is 35.2 Å². The molecule has 0 saturated carbocycles. The number of anilines is 1. The van der Waals surface area contributed by atoms with Crippen molar-refractivity contribution in [2.75, 3.05) is 5.73 Å². The minimum Gasteiger partial charge on any atom is -0.455 e. The Morgan fingerprint density at radius 2 is 2.00 bits per heavy atom. The average molecular weight is 252 g/mol. The number of ether oxygens (including phenoxy) is 1. The average Bonchev–Trinajstić information content (AvgIpc) is 2.28. The summed E-state index contributed by atoms with van der Waals surface area (Å²) >= 11 is 5.67. The number of hydrogen-bond donors (Lipinski definition) is 1. The molecular weight excluding hydrogens is 241 g/mol. The van der Waals surface area contributed by atoms with E-state index in [0.717, 1.165) is 5.56 Å². The van der Waals surface area contributed by atoms with Gasteiger partial charge < -0.3 is 10.5 Å². The van der Waals surface area contributed by atoms with Gasteiger partial charge in [0.1, 0.15) is 11.6 Å². The maximum Gasteiger partial charge on any atom is 0.153 e. The predicted molar refractivity (Wildman–Crippen MR) is 67.1 cm³/mol. The molecule has 0 spiro atoms. The molecule has 0 fully saturated rings. The summed E-state index contributed by atoms with van der Waals surface area (Å²) in [6.07, 6.45) is 0. The van der Waals surface area contributed by atoms with E-state index in [2.05, 4.69) is 0 Å². The molecule has 0 saturated heterocycles. The number of nitrogens with two attached hydrogens (primary N) is 1. The highest BCUT2D eigenvalue weighted by molar-refractivity contribution is 6.30. The van der Waals surface area contributed by atoms with Crippen molar-refractivity contribution < 1.29 is 9.13 Å². The molecule has 4 heteroatoms. The van der Waals surface area contributed by atoms with Crippen LogP contribution in [-0.2, 0) is 0 Å². The van der Waals surface area contributed by atoms with Crippen LogP contribution >= 0.6 is 11.6 Å². The Kier molecular flexibility index (Phi) is 3.20. The van der Waals surface area contributed by atoms with Crippen LogP contribution in [0.25, 0.3) is 0 Å². The largest absolute Gasteiger partial charge is 0.455 e. The molecule has 0 aliphatic carbocycles. The number of hydrogen-bond acceptors (Lipinski definition) is 2. The zero-order valence-corrected chi connectivity index (χ0v) is 9.96. The Bertz CT molecular complexity index is 537. The molecule has 17 heavy (non-hydrogen) atoms. The van der Waals surface area contributed by atoms with Crippen molar-refractivity contribution in [3.05, 3.63) is 52.8 Å². The standard InChI is InChI=1S/C13H11ClFNO/c1-8-3-2-4-12(16)13(8)17-9-5-6-11(15)10(14)7-9/h2-7H,16H2,1H3. The molecule has 0 atom stereocenters. The van der Waals surface area contributed by atoms with Gasteiger partial charge in [-0.15, -0.1) is 0 Å². The van der Waals surface area contributed by atoms with Gasteiger partial charge in [-0.2, -0.15) is 0 Å². The van der Waals surface area contributed by atoms with Crippen molar-refractivity contribution >= 4 is 17.3 Å². The zero-order chi connectivity index (χ0) is 12.4. The molecule has 2 rings (SSSR count). The van der Waals surface area contributed by atoms with Gasteiger partial charge in [-0.1, -0.05) is 23.7 Å². The molecule has 0 bridgehead atoms. The SMILES string of the molecule is Cc1cccc(N)c1Oc1ccc(F)c(Cl)c1. The Hall–Kier alpha value is -1.74. The molecule has 88 valence electrons. The number of halogens is 2. The summed E-state index contributed by atoms with van der Waals surface area (Å²) in [6.45, 7) is 1.89. The van der Waals surface area contributed by atoms with Gasteiger partial charge in [0, 0.05) is 6.07 Å². The highest BCUT2D eigenvalue weighted by Gasteiger charge is 2.07. The fourth-order valence-corrected chi connectivity index (χ4v) is 1.64. The smallest absolute Gasteiger partial charge is 0.153 e. The molecular formula is C13H11ClFNO. The van der Waals surface area contributed by atoms with E-state index in [0.29, 0.717) is 17.2 Å². The Labute approximate surface area is 104 Å². The number of benzene rings is 2. The quantitative estimate of drug-likeness (QED) is 0.814. The third-order valence-corrected chi connectivity index (χ3v) is 2.64. The van der Waals surface area contributed by atoms with E-state index in [1.165, 1.54) is 18.2 Å². The summed E-state index contributed by atoms with van der Waals surface area (Å²) in [5.74, 6) is 0.546. The summed E-state index contributed by atoms with van der Waals surface area (Å²) < 4.78 is 18.6. The monoisotopic (exact) mass is 251 g/mol. The van der Waals surface area contributed by atoms with Crippen molar-refractivity contribution in [1.82, 2.24) is 0 Å². The predicted octanol–water partition coefficient (Wildman–Crippen LogP) is 4.16.